The number of benzene rings is 2. The van der Waals surface area contributed by atoms with Crippen molar-refractivity contribution in [3.63, 3.8) is 0 Å². The molecule has 1 fully saturated rings. The number of amides is 1. The fourth-order valence-electron chi connectivity index (χ4n) is 4.36. The number of carbonyl (C=O) groups is 2. The summed E-state index contributed by atoms with van der Waals surface area (Å²) in [6, 6.07) is 8.98. The lowest BCUT2D eigenvalue weighted by Gasteiger charge is -2.26. The van der Waals surface area contributed by atoms with E-state index in [4.69, 9.17) is 4.74 Å². The number of hydrogen-bond donors (Lipinski definition) is 2. The van der Waals surface area contributed by atoms with Crippen LogP contribution in [0.3, 0.4) is 0 Å². The predicted molar refractivity (Wildman–Crippen MR) is 128 cm³/mol. The molecule has 0 aliphatic carbocycles. The minimum Gasteiger partial charge on any atom is -0.477 e. The molecule has 1 amide bonds. The van der Waals surface area contributed by atoms with Gasteiger partial charge in [0.1, 0.15) is 28.8 Å². The van der Waals surface area contributed by atoms with Crippen molar-refractivity contribution in [1.29, 1.82) is 0 Å². The first-order chi connectivity index (χ1) is 18.2. The highest BCUT2D eigenvalue weighted by molar-refractivity contribution is 6.03. The Kier molecular flexibility index (Phi) is 6.28. The van der Waals surface area contributed by atoms with Gasteiger partial charge in [-0.25, -0.2) is 27.9 Å². The summed E-state index contributed by atoms with van der Waals surface area (Å²) in [6.45, 7) is 0.479. The maximum Gasteiger partial charge on any atom is 0.418 e. The van der Waals surface area contributed by atoms with Gasteiger partial charge in [0.25, 0.3) is 5.69 Å². The molecule has 194 valence electrons. The minimum absolute atomic E-state index is 0.0150. The molecule has 2 aromatic carbocycles. The second-order valence-corrected chi connectivity index (χ2v) is 8.37. The van der Waals surface area contributed by atoms with Crippen LogP contribution in [0.4, 0.5) is 30.9 Å². The summed E-state index contributed by atoms with van der Waals surface area (Å²) in [6.07, 6.45) is 1.58. The summed E-state index contributed by atoms with van der Waals surface area (Å²) >= 11 is 0. The zero-order valence-electron chi connectivity index (χ0n) is 19.4. The van der Waals surface area contributed by atoms with Crippen LogP contribution in [-0.2, 0) is 0 Å². The predicted octanol–water partition coefficient (Wildman–Crippen LogP) is 4.57. The van der Waals surface area contributed by atoms with Gasteiger partial charge in [0.15, 0.2) is 11.5 Å². The van der Waals surface area contributed by atoms with Crippen LogP contribution in [0, 0.1) is 21.7 Å². The number of nitrogens with one attached hydrogen (secondary N) is 1. The van der Waals surface area contributed by atoms with Crippen LogP contribution >= 0.6 is 0 Å². The highest BCUT2D eigenvalue weighted by atomic mass is 19.1. The third-order valence-corrected chi connectivity index (χ3v) is 6.03. The van der Waals surface area contributed by atoms with E-state index in [1.165, 1.54) is 18.3 Å². The van der Waals surface area contributed by atoms with Gasteiger partial charge in [-0.15, -0.1) is 5.10 Å². The summed E-state index contributed by atoms with van der Waals surface area (Å²) in [5.41, 5.74) is -0.535. The second kappa shape index (κ2) is 9.72. The van der Waals surface area contributed by atoms with Gasteiger partial charge in [-0.3, -0.25) is 15.4 Å². The Hall–Kier alpha value is -5.14. The van der Waals surface area contributed by atoms with E-state index in [9.17, 15) is 33.6 Å². The number of anilines is 2. The number of carbonyl (C=O) groups excluding carboxylic acids is 1. The van der Waals surface area contributed by atoms with Crippen molar-refractivity contribution in [3.8, 4) is 5.75 Å². The Morgan fingerprint density at radius 1 is 1.16 bits per heavy atom. The molecular weight excluding hydrogens is 506 g/mol. The fourth-order valence-corrected chi connectivity index (χ4v) is 4.36. The molecule has 2 aromatic heterocycles. The van der Waals surface area contributed by atoms with E-state index in [1.54, 1.807) is 11.0 Å². The number of nitrogens with zero attached hydrogens (tertiary/aromatic N) is 5. The monoisotopic (exact) mass is 524 g/mol. The molecule has 0 radical (unpaired) electrons. The van der Waals surface area contributed by atoms with E-state index >= 15 is 0 Å². The lowest BCUT2D eigenvalue weighted by molar-refractivity contribution is -0.384. The van der Waals surface area contributed by atoms with Crippen molar-refractivity contribution in [2.24, 2.45) is 0 Å². The van der Waals surface area contributed by atoms with Gasteiger partial charge in [0.05, 0.1) is 11.0 Å². The molecule has 1 saturated heterocycles. The Bertz CT molecular complexity index is 1570. The summed E-state index contributed by atoms with van der Waals surface area (Å²) in [4.78, 5) is 40.8. The van der Waals surface area contributed by atoms with Gasteiger partial charge in [-0.05, 0) is 49.2 Å². The number of aromatic carboxylic acids is 1. The Labute approximate surface area is 212 Å². The SMILES string of the molecule is O=C(Nc1nn2ccc(N3CCCC3c3cc(F)ccc3F)nc2c1C(=O)O)Oc1ccc([N+](=O)[O-])cc1. The summed E-state index contributed by atoms with van der Waals surface area (Å²) < 4.78 is 34.5. The number of nitro benzene ring substituents is 1. The normalized spacial score (nSPS) is 15.0. The van der Waals surface area contributed by atoms with Gasteiger partial charge in [0, 0.05) is 30.4 Å². The van der Waals surface area contributed by atoms with Crippen molar-refractivity contribution in [2.75, 3.05) is 16.8 Å². The first-order valence-corrected chi connectivity index (χ1v) is 11.3. The first kappa shape index (κ1) is 24.5. The van der Waals surface area contributed by atoms with Crippen molar-refractivity contribution < 1.29 is 33.1 Å². The van der Waals surface area contributed by atoms with Crippen molar-refractivity contribution in [2.45, 2.75) is 18.9 Å². The number of rotatable bonds is 6. The standard InChI is InChI=1S/C24H18F2N6O6/c25-13-3-8-17(26)16(12-13)18-2-1-10-30(18)19-9-11-31-22(27-19)20(23(33)34)21(29-31)28-24(35)38-15-6-4-14(5-7-15)32(36)37/h3-9,11-12,18H,1-2,10H2,(H,33,34)(H,28,29,35). The molecule has 1 aliphatic rings. The molecule has 0 bridgehead atoms. The largest absolute Gasteiger partial charge is 0.477 e. The molecule has 1 aliphatic heterocycles. The van der Waals surface area contributed by atoms with Crippen molar-refractivity contribution >= 4 is 35.0 Å². The number of fused-ring (bicyclic) bond motifs is 1. The van der Waals surface area contributed by atoms with Crippen LogP contribution in [0.15, 0.2) is 54.7 Å². The average Bonchev–Trinajstić information content (AvgIpc) is 3.50. The molecule has 4 aromatic rings. The number of ether oxygens (including phenoxy) is 1. The molecule has 3 heterocycles. The number of hydrogen-bond acceptors (Lipinski definition) is 8. The highest BCUT2D eigenvalue weighted by Gasteiger charge is 2.31. The van der Waals surface area contributed by atoms with Crippen LogP contribution < -0.4 is 15.0 Å². The summed E-state index contributed by atoms with van der Waals surface area (Å²) in [7, 11) is 0. The maximum absolute atomic E-state index is 14.5. The Balaban J connectivity index is 1.43. The van der Waals surface area contributed by atoms with Crippen LogP contribution in [0.25, 0.3) is 5.65 Å². The smallest absolute Gasteiger partial charge is 0.418 e. The lowest BCUT2D eigenvalue weighted by Crippen LogP contribution is -2.24. The van der Waals surface area contributed by atoms with Gasteiger partial charge >= 0.3 is 12.1 Å². The van der Waals surface area contributed by atoms with E-state index in [0.29, 0.717) is 25.2 Å². The third kappa shape index (κ3) is 4.66. The zero-order chi connectivity index (χ0) is 27.0. The number of carboxylic acids is 1. The molecule has 38 heavy (non-hydrogen) atoms. The van der Waals surface area contributed by atoms with E-state index < -0.39 is 40.2 Å². The molecule has 0 saturated carbocycles. The van der Waals surface area contributed by atoms with Gasteiger partial charge in [-0.2, -0.15) is 0 Å². The molecule has 2 N–H and O–H groups in total. The average molecular weight is 524 g/mol. The maximum atomic E-state index is 14.5. The van der Waals surface area contributed by atoms with Crippen LogP contribution in [0.2, 0.25) is 0 Å². The summed E-state index contributed by atoms with van der Waals surface area (Å²) in [5, 5.41) is 26.9. The fraction of sp³-hybridized carbons (Fsp3) is 0.167. The number of carboxylic acid groups (broad SMARTS) is 1. The molecule has 5 rings (SSSR count). The zero-order valence-corrected chi connectivity index (χ0v) is 19.4. The van der Waals surface area contributed by atoms with E-state index in [2.05, 4.69) is 15.4 Å². The van der Waals surface area contributed by atoms with Gasteiger partial charge in [-0.1, -0.05) is 0 Å². The van der Waals surface area contributed by atoms with Crippen LogP contribution in [-0.4, -0.2) is 43.2 Å². The van der Waals surface area contributed by atoms with Crippen molar-refractivity contribution in [1.82, 2.24) is 14.6 Å². The number of nitro groups is 1. The first-order valence-electron chi connectivity index (χ1n) is 11.3. The Morgan fingerprint density at radius 2 is 1.92 bits per heavy atom. The summed E-state index contributed by atoms with van der Waals surface area (Å²) in [5.74, 6) is -2.59. The van der Waals surface area contributed by atoms with E-state index in [1.807, 2.05) is 0 Å². The van der Waals surface area contributed by atoms with Crippen LogP contribution in [0.1, 0.15) is 34.8 Å². The lowest BCUT2D eigenvalue weighted by atomic mass is 10.0. The molecule has 14 heteroatoms. The van der Waals surface area contributed by atoms with Gasteiger partial charge in [0.2, 0.25) is 0 Å². The van der Waals surface area contributed by atoms with Crippen molar-refractivity contribution in [3.05, 3.63) is 87.6 Å². The molecule has 0 spiro atoms. The topological polar surface area (TPSA) is 152 Å². The number of aromatic nitrogens is 3. The molecule has 12 nitrogen and oxygen atoms in total. The van der Waals surface area contributed by atoms with E-state index in [0.717, 1.165) is 34.8 Å². The molecular formula is C24H18F2N6O6. The molecule has 1 atom stereocenters. The second-order valence-electron chi connectivity index (χ2n) is 8.37. The highest BCUT2D eigenvalue weighted by Crippen LogP contribution is 2.37. The Morgan fingerprint density at radius 3 is 2.63 bits per heavy atom. The quantitative estimate of drug-likeness (QED) is 0.273. The number of halogens is 2. The van der Waals surface area contributed by atoms with Gasteiger partial charge < -0.3 is 14.7 Å². The number of non-ortho nitro benzene ring substituents is 1. The van der Waals surface area contributed by atoms with E-state index in [-0.39, 0.29) is 28.5 Å². The molecule has 1 unspecified atom stereocenters. The third-order valence-electron chi connectivity index (χ3n) is 6.03. The van der Waals surface area contributed by atoms with Crippen LogP contribution in [0.5, 0.6) is 5.75 Å². The minimum atomic E-state index is -1.43.